The second-order valence-electron chi connectivity index (χ2n) is 4.03. The van der Waals surface area contributed by atoms with E-state index >= 15 is 0 Å². The number of ether oxygens (including phenoxy) is 1. The van der Waals surface area contributed by atoms with E-state index in [2.05, 4.69) is 4.74 Å². The lowest BCUT2D eigenvalue weighted by Crippen LogP contribution is -2.36. The minimum atomic E-state index is -0.408. The summed E-state index contributed by atoms with van der Waals surface area (Å²) in [5, 5.41) is 0. The van der Waals surface area contributed by atoms with Crippen molar-refractivity contribution in [3.05, 3.63) is 35.4 Å². The Hall–Kier alpha value is -1.49. The topological polar surface area (TPSA) is 46.6 Å². The Kier molecular flexibility index (Phi) is 6.42. The summed E-state index contributed by atoms with van der Waals surface area (Å²) in [6, 6.07) is 7.48. The molecule has 4 nitrogen and oxygen atoms in total. The second-order valence-corrected chi connectivity index (χ2v) is 4.89. The van der Waals surface area contributed by atoms with Crippen molar-refractivity contribution in [1.29, 1.82) is 0 Å². The molecule has 0 spiro atoms. The largest absolute Gasteiger partial charge is 0.468 e. The summed E-state index contributed by atoms with van der Waals surface area (Å²) in [7, 11) is 1.32. The second kappa shape index (κ2) is 7.84. The molecule has 0 aromatic heterocycles. The minimum Gasteiger partial charge on any atom is -0.468 e. The van der Waals surface area contributed by atoms with Crippen molar-refractivity contribution >= 4 is 23.6 Å². The first-order valence-electron chi connectivity index (χ1n) is 6.06. The molecule has 0 aliphatic carbocycles. The molecule has 104 valence electrons. The summed E-state index contributed by atoms with van der Waals surface area (Å²) < 4.78 is 4.58. The number of carbonyl (C=O) groups excluding carboxylic acids is 2. The molecule has 1 aromatic rings. The summed E-state index contributed by atoms with van der Waals surface area (Å²) >= 11 is 1.73. The van der Waals surface area contributed by atoms with Crippen LogP contribution in [0, 0.1) is 0 Å². The molecule has 0 unspecified atom stereocenters. The maximum Gasteiger partial charge on any atom is 0.325 e. The highest BCUT2D eigenvalue weighted by atomic mass is 32.2. The molecule has 1 aromatic carbocycles. The number of methoxy groups -OCH3 is 1. The minimum absolute atomic E-state index is 0.0155. The predicted octanol–water partition coefficient (Wildman–Crippen LogP) is 2.18. The van der Waals surface area contributed by atoms with Gasteiger partial charge in [-0.2, -0.15) is 11.8 Å². The number of hydrogen-bond donors (Lipinski definition) is 0. The highest BCUT2D eigenvalue weighted by molar-refractivity contribution is 7.97. The van der Waals surface area contributed by atoms with Crippen LogP contribution >= 0.6 is 11.8 Å². The van der Waals surface area contributed by atoms with Crippen molar-refractivity contribution in [2.45, 2.75) is 12.7 Å². The van der Waals surface area contributed by atoms with Gasteiger partial charge in [-0.1, -0.05) is 12.1 Å². The number of likely N-dealkylation sites (N-methyl/N-ethyl adjacent to an activating group) is 1. The van der Waals surface area contributed by atoms with Crippen LogP contribution in [0.15, 0.2) is 24.3 Å². The van der Waals surface area contributed by atoms with E-state index < -0.39 is 5.97 Å². The zero-order valence-electron chi connectivity index (χ0n) is 11.5. The van der Waals surface area contributed by atoms with Crippen LogP contribution in [-0.4, -0.2) is 43.2 Å². The van der Waals surface area contributed by atoms with Crippen molar-refractivity contribution < 1.29 is 14.3 Å². The molecule has 1 rings (SSSR count). The maximum absolute atomic E-state index is 12.2. The summed E-state index contributed by atoms with van der Waals surface area (Å²) in [4.78, 5) is 24.9. The van der Waals surface area contributed by atoms with Crippen molar-refractivity contribution in [2.24, 2.45) is 0 Å². The average Bonchev–Trinajstić information content (AvgIpc) is 2.45. The molecule has 0 N–H and O–H groups in total. The van der Waals surface area contributed by atoms with Crippen LogP contribution in [0.2, 0.25) is 0 Å². The van der Waals surface area contributed by atoms with Crippen LogP contribution in [-0.2, 0) is 15.3 Å². The third kappa shape index (κ3) is 4.59. The molecule has 0 heterocycles. The Bertz CT molecular complexity index is 431. The molecule has 0 saturated carbocycles. The summed E-state index contributed by atoms with van der Waals surface area (Å²) in [6.45, 7) is 2.29. The standard InChI is InChI=1S/C14H19NO3S/c1-4-15(9-13(16)18-2)14(17)12-7-5-11(6-8-12)10-19-3/h5-8H,4,9-10H2,1-3H3. The van der Waals surface area contributed by atoms with Crippen molar-refractivity contribution in [3.8, 4) is 0 Å². The lowest BCUT2D eigenvalue weighted by atomic mass is 10.1. The molecule has 1 amide bonds. The highest BCUT2D eigenvalue weighted by Crippen LogP contribution is 2.12. The Morgan fingerprint density at radius 3 is 2.37 bits per heavy atom. The van der Waals surface area contributed by atoms with Gasteiger partial charge in [0.25, 0.3) is 5.91 Å². The van der Waals surface area contributed by atoms with Crippen LogP contribution in [0.5, 0.6) is 0 Å². The van der Waals surface area contributed by atoms with Gasteiger partial charge in [-0.25, -0.2) is 0 Å². The Morgan fingerprint density at radius 2 is 1.89 bits per heavy atom. The van der Waals surface area contributed by atoms with Gasteiger partial charge in [-0.15, -0.1) is 0 Å². The quantitative estimate of drug-likeness (QED) is 0.750. The number of benzene rings is 1. The first-order valence-corrected chi connectivity index (χ1v) is 7.45. The fraction of sp³-hybridized carbons (Fsp3) is 0.429. The van der Waals surface area contributed by atoms with Gasteiger partial charge < -0.3 is 9.64 Å². The Labute approximate surface area is 118 Å². The van der Waals surface area contributed by atoms with Gasteiger partial charge in [0.15, 0.2) is 0 Å². The first-order chi connectivity index (χ1) is 9.12. The van der Waals surface area contributed by atoms with E-state index in [4.69, 9.17) is 0 Å². The fourth-order valence-corrected chi connectivity index (χ4v) is 2.17. The van der Waals surface area contributed by atoms with Crippen LogP contribution in [0.1, 0.15) is 22.8 Å². The smallest absolute Gasteiger partial charge is 0.325 e. The molecule has 0 aliphatic heterocycles. The highest BCUT2D eigenvalue weighted by Gasteiger charge is 2.17. The molecule has 0 bridgehead atoms. The molecule has 0 saturated heterocycles. The van der Waals surface area contributed by atoms with Gasteiger partial charge in [0.05, 0.1) is 7.11 Å². The lowest BCUT2D eigenvalue weighted by Gasteiger charge is -2.19. The van der Waals surface area contributed by atoms with E-state index in [1.807, 2.05) is 25.3 Å². The molecule has 0 atom stereocenters. The number of esters is 1. The molecule has 19 heavy (non-hydrogen) atoms. The number of nitrogens with zero attached hydrogens (tertiary/aromatic N) is 1. The van der Waals surface area contributed by atoms with E-state index in [9.17, 15) is 9.59 Å². The SMILES string of the molecule is CCN(CC(=O)OC)C(=O)c1ccc(CSC)cc1. The average molecular weight is 281 g/mol. The summed E-state index contributed by atoms with van der Waals surface area (Å²) in [5.74, 6) is 0.367. The number of carbonyl (C=O) groups is 2. The monoisotopic (exact) mass is 281 g/mol. The van der Waals surface area contributed by atoms with E-state index in [0.29, 0.717) is 12.1 Å². The number of rotatable bonds is 6. The third-order valence-electron chi connectivity index (χ3n) is 2.73. The van der Waals surface area contributed by atoms with Crippen LogP contribution in [0.4, 0.5) is 0 Å². The molecular weight excluding hydrogens is 262 g/mol. The van der Waals surface area contributed by atoms with Gasteiger partial charge in [-0.3, -0.25) is 9.59 Å². The first kappa shape index (κ1) is 15.6. The normalized spacial score (nSPS) is 10.1. The van der Waals surface area contributed by atoms with E-state index in [1.165, 1.54) is 17.6 Å². The maximum atomic E-state index is 12.2. The molecule has 5 heteroatoms. The summed E-state index contributed by atoms with van der Waals surface area (Å²) in [5.41, 5.74) is 1.77. The van der Waals surface area contributed by atoms with Crippen molar-refractivity contribution in [3.63, 3.8) is 0 Å². The molecular formula is C14H19NO3S. The van der Waals surface area contributed by atoms with Gasteiger partial charge in [-0.05, 0) is 30.9 Å². The Balaban J connectivity index is 2.76. The number of hydrogen-bond acceptors (Lipinski definition) is 4. The molecule has 0 fully saturated rings. The summed E-state index contributed by atoms with van der Waals surface area (Å²) in [6.07, 6.45) is 2.04. The zero-order chi connectivity index (χ0) is 14.3. The third-order valence-corrected chi connectivity index (χ3v) is 3.35. The molecule has 0 radical (unpaired) electrons. The van der Waals surface area contributed by atoms with E-state index in [1.54, 1.807) is 23.9 Å². The van der Waals surface area contributed by atoms with Crippen molar-refractivity contribution in [1.82, 2.24) is 4.90 Å². The fourth-order valence-electron chi connectivity index (χ4n) is 1.64. The Morgan fingerprint density at radius 1 is 1.26 bits per heavy atom. The van der Waals surface area contributed by atoms with Gasteiger partial charge in [0, 0.05) is 17.9 Å². The number of amides is 1. The van der Waals surface area contributed by atoms with Crippen LogP contribution in [0.25, 0.3) is 0 Å². The van der Waals surface area contributed by atoms with Crippen LogP contribution < -0.4 is 0 Å². The molecule has 0 aliphatic rings. The lowest BCUT2D eigenvalue weighted by molar-refractivity contribution is -0.141. The van der Waals surface area contributed by atoms with Gasteiger partial charge in [0.1, 0.15) is 6.54 Å². The van der Waals surface area contributed by atoms with Crippen molar-refractivity contribution in [2.75, 3.05) is 26.5 Å². The van der Waals surface area contributed by atoms with E-state index in [0.717, 1.165) is 5.75 Å². The number of thioether (sulfide) groups is 1. The van der Waals surface area contributed by atoms with Gasteiger partial charge >= 0.3 is 5.97 Å². The zero-order valence-corrected chi connectivity index (χ0v) is 12.3. The predicted molar refractivity (Wildman–Crippen MR) is 77.3 cm³/mol. The van der Waals surface area contributed by atoms with E-state index in [-0.39, 0.29) is 12.5 Å². The van der Waals surface area contributed by atoms with Gasteiger partial charge in [0.2, 0.25) is 0 Å². The van der Waals surface area contributed by atoms with Crippen LogP contribution in [0.3, 0.4) is 0 Å².